The highest BCUT2D eigenvalue weighted by molar-refractivity contribution is 7.99. The van der Waals surface area contributed by atoms with Crippen LogP contribution in [0.5, 0.6) is 0 Å². The van der Waals surface area contributed by atoms with Gasteiger partial charge in [-0.25, -0.2) is 4.79 Å². The number of aliphatic carboxylic acids is 1. The highest BCUT2D eigenvalue weighted by Crippen LogP contribution is 2.26. The molecule has 10 heteroatoms. The van der Waals surface area contributed by atoms with Gasteiger partial charge >= 0.3 is 5.97 Å². The number of nitrogens with zero attached hydrogens (tertiary/aromatic N) is 2. The van der Waals surface area contributed by atoms with E-state index >= 15 is 0 Å². The predicted molar refractivity (Wildman–Crippen MR) is 109 cm³/mol. The summed E-state index contributed by atoms with van der Waals surface area (Å²) in [6.45, 7) is 1.78. The van der Waals surface area contributed by atoms with E-state index in [2.05, 4.69) is 20.5 Å². The molecule has 1 atom stereocenters. The number of carboxylic acids is 1. The van der Waals surface area contributed by atoms with E-state index in [-0.39, 0.29) is 17.4 Å². The number of aryl methyl sites for hydroxylation is 1. The van der Waals surface area contributed by atoms with Gasteiger partial charge in [-0.05, 0) is 24.6 Å². The number of amides is 1. The minimum Gasteiger partial charge on any atom is -0.480 e. The maximum atomic E-state index is 12.3. The van der Waals surface area contributed by atoms with E-state index in [1.165, 1.54) is 6.26 Å². The zero-order valence-corrected chi connectivity index (χ0v) is 16.7. The van der Waals surface area contributed by atoms with Crippen molar-refractivity contribution < 1.29 is 23.5 Å². The molecule has 3 N–H and O–H groups in total. The number of hydrogen-bond acceptors (Lipinski definition) is 7. The second-order valence-electron chi connectivity index (χ2n) is 6.57. The summed E-state index contributed by atoms with van der Waals surface area (Å²) in [5.41, 5.74) is 2.42. The van der Waals surface area contributed by atoms with Crippen LogP contribution in [0, 0.1) is 6.92 Å². The number of hydrogen-bond donors (Lipinski definition) is 3. The van der Waals surface area contributed by atoms with Gasteiger partial charge in [-0.3, -0.25) is 4.79 Å². The first-order valence-corrected chi connectivity index (χ1v) is 10.1. The summed E-state index contributed by atoms with van der Waals surface area (Å²) in [6, 6.07) is 8.26. The third-order valence-electron chi connectivity index (χ3n) is 4.55. The largest absolute Gasteiger partial charge is 0.480 e. The molecule has 0 aliphatic rings. The number of rotatable bonds is 8. The van der Waals surface area contributed by atoms with Gasteiger partial charge in [-0.2, -0.15) is 0 Å². The van der Waals surface area contributed by atoms with E-state index in [4.69, 9.17) is 8.83 Å². The molecule has 0 saturated carbocycles. The number of H-pyrrole nitrogens is 1. The van der Waals surface area contributed by atoms with Crippen molar-refractivity contribution in [2.24, 2.45) is 0 Å². The number of aromatic amines is 1. The van der Waals surface area contributed by atoms with Crippen LogP contribution in [0.4, 0.5) is 0 Å². The number of benzene rings is 1. The summed E-state index contributed by atoms with van der Waals surface area (Å²) in [4.78, 5) is 27.1. The summed E-state index contributed by atoms with van der Waals surface area (Å²) >= 11 is 1.03. The molecule has 1 aromatic carbocycles. The molecule has 4 aromatic rings. The van der Waals surface area contributed by atoms with Crippen molar-refractivity contribution in [3.63, 3.8) is 0 Å². The zero-order chi connectivity index (χ0) is 21.1. The van der Waals surface area contributed by atoms with Crippen LogP contribution in [0.1, 0.15) is 11.3 Å². The third-order valence-corrected chi connectivity index (χ3v) is 5.37. The molecule has 1 amide bonds. The van der Waals surface area contributed by atoms with Gasteiger partial charge in [0.05, 0.1) is 17.6 Å². The molecule has 0 bridgehead atoms. The average molecular weight is 426 g/mol. The minimum atomic E-state index is -1.10. The molecular formula is C20H18N4O5S. The normalized spacial score (nSPS) is 12.2. The van der Waals surface area contributed by atoms with Crippen molar-refractivity contribution in [2.45, 2.75) is 24.6 Å². The molecule has 0 radical (unpaired) electrons. The Kier molecular flexibility index (Phi) is 5.57. The molecule has 3 aromatic heterocycles. The molecule has 0 saturated heterocycles. The third kappa shape index (κ3) is 4.23. The Morgan fingerprint density at radius 3 is 2.87 bits per heavy atom. The first-order chi connectivity index (χ1) is 14.5. The van der Waals surface area contributed by atoms with Gasteiger partial charge in [0.1, 0.15) is 11.8 Å². The Bertz CT molecular complexity index is 1190. The van der Waals surface area contributed by atoms with Crippen LogP contribution in [0.15, 0.2) is 56.8 Å². The maximum Gasteiger partial charge on any atom is 0.326 e. The number of carboxylic acid groups (broad SMARTS) is 1. The van der Waals surface area contributed by atoms with Gasteiger partial charge in [-0.15, -0.1) is 10.2 Å². The number of aromatic nitrogens is 3. The molecule has 154 valence electrons. The van der Waals surface area contributed by atoms with Crippen molar-refractivity contribution in [2.75, 3.05) is 5.75 Å². The molecule has 3 heterocycles. The monoisotopic (exact) mass is 426 g/mol. The molecule has 30 heavy (non-hydrogen) atoms. The summed E-state index contributed by atoms with van der Waals surface area (Å²) in [5.74, 6) is -0.647. The standard InChI is InChI=1S/C20H18N4O5S/c1-11-13(6-7-28-11)18-23-24-20(29-18)30-10-17(25)22-16(19(26)27)8-12-9-21-15-5-3-2-4-14(12)15/h2-7,9,16,21H,8,10H2,1H3,(H,22,25)(H,26,27). The molecule has 4 rings (SSSR count). The number of carbonyl (C=O) groups excluding carboxylic acids is 1. The quantitative estimate of drug-likeness (QED) is 0.366. The SMILES string of the molecule is Cc1occc1-c1nnc(SCC(=O)NC(Cc2c[nH]c3ccccc23)C(=O)O)o1. The van der Waals surface area contributed by atoms with Crippen molar-refractivity contribution >= 4 is 34.5 Å². The first kappa shape index (κ1) is 19.8. The predicted octanol–water partition coefficient (Wildman–Crippen LogP) is 3.02. The number of para-hydroxylation sites is 1. The molecule has 9 nitrogen and oxygen atoms in total. The molecule has 1 unspecified atom stereocenters. The summed E-state index contributed by atoms with van der Waals surface area (Å²) in [6.07, 6.45) is 3.45. The van der Waals surface area contributed by atoms with Gasteiger partial charge in [0.25, 0.3) is 11.1 Å². The fraction of sp³-hybridized carbons (Fsp3) is 0.200. The number of furan rings is 1. The molecular weight excluding hydrogens is 408 g/mol. The molecule has 0 aliphatic carbocycles. The van der Waals surface area contributed by atoms with Crippen LogP contribution in [-0.2, 0) is 16.0 Å². The van der Waals surface area contributed by atoms with E-state index in [1.807, 2.05) is 24.3 Å². The number of nitrogens with one attached hydrogen (secondary N) is 2. The van der Waals surface area contributed by atoms with Crippen molar-refractivity contribution in [3.8, 4) is 11.5 Å². The van der Waals surface area contributed by atoms with E-state index in [1.54, 1.807) is 19.2 Å². The summed E-state index contributed by atoms with van der Waals surface area (Å²) in [5, 5.41) is 21.1. The highest BCUT2D eigenvalue weighted by atomic mass is 32.2. The minimum absolute atomic E-state index is 0.0519. The molecule has 0 spiro atoms. The number of fused-ring (bicyclic) bond motifs is 1. The van der Waals surface area contributed by atoms with Gasteiger partial charge in [-0.1, -0.05) is 30.0 Å². The van der Waals surface area contributed by atoms with Crippen LogP contribution in [-0.4, -0.2) is 44.0 Å². The van der Waals surface area contributed by atoms with Crippen LogP contribution in [0.25, 0.3) is 22.4 Å². The van der Waals surface area contributed by atoms with Crippen LogP contribution in [0.2, 0.25) is 0 Å². The zero-order valence-electron chi connectivity index (χ0n) is 15.9. The van der Waals surface area contributed by atoms with Crippen molar-refractivity contribution in [3.05, 3.63) is 54.1 Å². The first-order valence-electron chi connectivity index (χ1n) is 9.09. The smallest absolute Gasteiger partial charge is 0.326 e. The van der Waals surface area contributed by atoms with Crippen molar-refractivity contribution in [1.82, 2.24) is 20.5 Å². The summed E-state index contributed by atoms with van der Waals surface area (Å²) in [7, 11) is 0. The maximum absolute atomic E-state index is 12.3. The van der Waals surface area contributed by atoms with Crippen LogP contribution < -0.4 is 5.32 Å². The van der Waals surface area contributed by atoms with Gasteiger partial charge in [0.15, 0.2) is 0 Å². The second kappa shape index (κ2) is 8.46. The fourth-order valence-electron chi connectivity index (χ4n) is 3.07. The Hall–Kier alpha value is -3.53. The lowest BCUT2D eigenvalue weighted by Crippen LogP contribution is -2.43. The topological polar surface area (TPSA) is 134 Å². The Morgan fingerprint density at radius 1 is 1.27 bits per heavy atom. The lowest BCUT2D eigenvalue weighted by atomic mass is 10.1. The van der Waals surface area contributed by atoms with Gasteiger partial charge in [0, 0.05) is 23.5 Å². The van der Waals surface area contributed by atoms with Gasteiger partial charge < -0.3 is 24.2 Å². The average Bonchev–Trinajstić information content (AvgIpc) is 3.46. The van der Waals surface area contributed by atoms with Crippen LogP contribution >= 0.6 is 11.8 Å². The Morgan fingerprint density at radius 2 is 2.10 bits per heavy atom. The highest BCUT2D eigenvalue weighted by Gasteiger charge is 2.22. The number of carbonyl (C=O) groups is 2. The number of thioether (sulfide) groups is 1. The van der Waals surface area contributed by atoms with E-state index in [0.29, 0.717) is 17.2 Å². The van der Waals surface area contributed by atoms with E-state index < -0.39 is 17.9 Å². The Balaban J connectivity index is 1.36. The lowest BCUT2D eigenvalue weighted by Gasteiger charge is -2.13. The second-order valence-corrected chi connectivity index (χ2v) is 7.50. The lowest BCUT2D eigenvalue weighted by molar-refractivity contribution is -0.141. The van der Waals surface area contributed by atoms with E-state index in [9.17, 15) is 14.7 Å². The fourth-order valence-corrected chi connectivity index (χ4v) is 3.64. The summed E-state index contributed by atoms with van der Waals surface area (Å²) < 4.78 is 10.7. The van der Waals surface area contributed by atoms with Gasteiger partial charge in [0.2, 0.25) is 5.91 Å². The van der Waals surface area contributed by atoms with Crippen molar-refractivity contribution in [1.29, 1.82) is 0 Å². The Labute approximate surface area is 174 Å². The van der Waals surface area contributed by atoms with E-state index in [0.717, 1.165) is 28.2 Å². The molecule has 0 fully saturated rings. The molecule has 0 aliphatic heterocycles. The van der Waals surface area contributed by atoms with Crippen LogP contribution in [0.3, 0.4) is 0 Å².